The highest BCUT2D eigenvalue weighted by atomic mass is 31.2. The maximum absolute atomic E-state index is 13.0. The molecule has 0 aliphatic rings. The molecule has 19 heteroatoms. The third kappa shape index (κ3) is 58.8. The first kappa shape index (κ1) is 81.1. The van der Waals surface area contributed by atoms with E-state index in [1.54, 1.807) is 0 Å². The van der Waals surface area contributed by atoms with E-state index in [0.29, 0.717) is 31.6 Å². The Bertz CT molecular complexity index is 1630. The number of aliphatic hydroxyl groups excluding tert-OH is 1. The first-order valence-electron chi connectivity index (χ1n) is 33.5. The molecule has 0 aromatic carbocycles. The quantitative estimate of drug-likeness (QED) is 0.0222. The lowest BCUT2D eigenvalue weighted by molar-refractivity contribution is -0.161. The van der Waals surface area contributed by atoms with Crippen molar-refractivity contribution in [2.75, 3.05) is 39.6 Å². The smallest absolute Gasteiger partial charge is 0.462 e. The fourth-order valence-electron chi connectivity index (χ4n) is 9.53. The molecule has 0 radical (unpaired) electrons. The molecular weight excluding hydrogens is 1100 g/mol. The Morgan fingerprint density at radius 3 is 0.819 bits per heavy atom. The van der Waals surface area contributed by atoms with Gasteiger partial charge in [-0.25, -0.2) is 9.13 Å². The van der Waals surface area contributed by atoms with Gasteiger partial charge in [-0.3, -0.25) is 37.3 Å². The van der Waals surface area contributed by atoms with Crippen LogP contribution in [-0.2, 0) is 65.4 Å². The van der Waals surface area contributed by atoms with Crippen molar-refractivity contribution in [2.45, 2.75) is 336 Å². The molecule has 492 valence electrons. The van der Waals surface area contributed by atoms with Gasteiger partial charge in [-0.1, -0.05) is 266 Å². The maximum atomic E-state index is 13.0. The summed E-state index contributed by atoms with van der Waals surface area (Å²) in [5, 5.41) is 10.5. The molecule has 0 spiro atoms. The van der Waals surface area contributed by atoms with Crippen LogP contribution in [0.5, 0.6) is 0 Å². The molecule has 5 atom stereocenters. The molecule has 83 heavy (non-hydrogen) atoms. The van der Waals surface area contributed by atoms with E-state index in [1.165, 1.54) is 128 Å². The summed E-state index contributed by atoms with van der Waals surface area (Å²) in [5.41, 5.74) is 0. The third-order valence-electron chi connectivity index (χ3n) is 14.7. The lowest BCUT2D eigenvalue weighted by atomic mass is 10.0. The second-order valence-electron chi connectivity index (χ2n) is 24.1. The van der Waals surface area contributed by atoms with Gasteiger partial charge >= 0.3 is 39.5 Å². The SMILES string of the molecule is CCCCCCCCCCCCCCCCCCC(=O)O[C@H](COC(=O)CCCCCCCCCCCC(C)C)COP(=O)(O)OC[C@@H](O)COP(=O)(O)OC[C@@H](COC(=O)CCCCCCC)OC(=O)CCCCCCCCCC(C)C. The molecule has 0 aliphatic carbocycles. The van der Waals surface area contributed by atoms with Gasteiger partial charge in [0.05, 0.1) is 26.4 Å². The van der Waals surface area contributed by atoms with Gasteiger partial charge in [0, 0.05) is 25.7 Å². The van der Waals surface area contributed by atoms with Gasteiger partial charge in [0.1, 0.15) is 19.3 Å². The number of phosphoric acid groups is 2. The van der Waals surface area contributed by atoms with Gasteiger partial charge in [-0.2, -0.15) is 0 Å². The zero-order chi connectivity index (χ0) is 61.5. The van der Waals surface area contributed by atoms with Crippen LogP contribution in [-0.4, -0.2) is 96.7 Å². The van der Waals surface area contributed by atoms with Crippen LogP contribution in [0.25, 0.3) is 0 Å². The van der Waals surface area contributed by atoms with E-state index in [-0.39, 0.29) is 25.7 Å². The Kier molecular flexibility index (Phi) is 55.2. The number of aliphatic hydroxyl groups is 1. The second kappa shape index (κ2) is 56.6. The summed E-state index contributed by atoms with van der Waals surface area (Å²) in [6, 6.07) is 0. The van der Waals surface area contributed by atoms with E-state index in [4.69, 9.17) is 37.0 Å². The van der Waals surface area contributed by atoms with Gasteiger partial charge in [-0.05, 0) is 37.5 Å². The Labute approximate surface area is 505 Å². The van der Waals surface area contributed by atoms with Gasteiger partial charge < -0.3 is 33.8 Å². The third-order valence-corrected chi connectivity index (χ3v) is 16.6. The Morgan fingerprint density at radius 2 is 0.554 bits per heavy atom. The van der Waals surface area contributed by atoms with Gasteiger partial charge in [0.25, 0.3) is 0 Å². The summed E-state index contributed by atoms with van der Waals surface area (Å²) in [7, 11) is -9.88. The average Bonchev–Trinajstić information content (AvgIpc) is 3.45. The molecule has 0 aromatic rings. The van der Waals surface area contributed by atoms with Crippen LogP contribution >= 0.6 is 15.6 Å². The maximum Gasteiger partial charge on any atom is 0.472 e. The fraction of sp³-hybridized carbons (Fsp3) is 0.938. The van der Waals surface area contributed by atoms with Crippen LogP contribution in [0.15, 0.2) is 0 Å². The number of hydrogen-bond donors (Lipinski definition) is 3. The van der Waals surface area contributed by atoms with Crippen LogP contribution in [0.1, 0.15) is 318 Å². The minimum atomic E-state index is -4.94. The minimum Gasteiger partial charge on any atom is -0.462 e. The predicted molar refractivity (Wildman–Crippen MR) is 331 cm³/mol. The zero-order valence-electron chi connectivity index (χ0n) is 53.5. The van der Waals surface area contributed by atoms with Crippen LogP contribution in [0, 0.1) is 11.8 Å². The number of phosphoric ester groups is 2. The van der Waals surface area contributed by atoms with Crippen molar-refractivity contribution < 1.29 is 80.2 Å². The largest absolute Gasteiger partial charge is 0.472 e. The number of carbonyl (C=O) groups excluding carboxylic acids is 4. The molecule has 0 heterocycles. The van der Waals surface area contributed by atoms with E-state index < -0.39 is 97.5 Å². The fourth-order valence-corrected chi connectivity index (χ4v) is 11.1. The number of carbonyl (C=O) groups is 4. The first-order valence-corrected chi connectivity index (χ1v) is 36.5. The highest BCUT2D eigenvalue weighted by Gasteiger charge is 2.30. The van der Waals surface area contributed by atoms with Crippen molar-refractivity contribution in [3.05, 3.63) is 0 Å². The Balaban J connectivity index is 5.17. The first-order chi connectivity index (χ1) is 39.9. The number of rotatable bonds is 63. The van der Waals surface area contributed by atoms with Crippen LogP contribution in [0.4, 0.5) is 0 Å². The van der Waals surface area contributed by atoms with Crippen LogP contribution < -0.4 is 0 Å². The molecule has 0 aromatic heterocycles. The van der Waals surface area contributed by atoms with Gasteiger partial charge in [-0.15, -0.1) is 0 Å². The normalized spacial score (nSPS) is 14.3. The summed E-state index contributed by atoms with van der Waals surface area (Å²) in [6.07, 6.45) is 39.4. The van der Waals surface area contributed by atoms with Crippen molar-refractivity contribution in [3.8, 4) is 0 Å². The van der Waals surface area contributed by atoms with Gasteiger partial charge in [0.15, 0.2) is 12.2 Å². The highest BCUT2D eigenvalue weighted by Crippen LogP contribution is 2.45. The Hall–Kier alpha value is -1.94. The molecule has 2 unspecified atom stereocenters. The molecule has 0 aliphatic heterocycles. The molecule has 17 nitrogen and oxygen atoms in total. The number of unbranched alkanes of at least 4 members (excludes halogenated alkanes) is 33. The highest BCUT2D eigenvalue weighted by molar-refractivity contribution is 7.47. The second-order valence-corrected chi connectivity index (χ2v) is 27.0. The van der Waals surface area contributed by atoms with E-state index in [2.05, 4.69) is 41.5 Å². The number of ether oxygens (including phenoxy) is 4. The van der Waals surface area contributed by atoms with E-state index in [9.17, 15) is 43.2 Å². The molecule has 0 bridgehead atoms. The number of esters is 4. The standard InChI is InChI=1S/C64H124O17P2/c1-7-9-11-13-14-15-16-17-18-19-20-21-24-30-36-42-48-63(68)81-60(53-75-62(67)47-41-35-29-25-22-23-27-33-38-44-56(3)4)55-79-83(72,73)77-51-58(65)50-76-82(70,71)78-54-59(52-74-61(66)46-40-32-12-10-8-2)80-64(69)49-43-37-31-26-28-34-39-45-57(5)6/h56-60,65H,7-55H2,1-6H3,(H,70,71)(H,72,73)/t58-,59+,60+/m0/s1. The molecule has 0 amide bonds. The molecule has 3 N–H and O–H groups in total. The summed E-state index contributed by atoms with van der Waals surface area (Å²) in [6.45, 7) is 9.33. The topological polar surface area (TPSA) is 237 Å². The lowest BCUT2D eigenvalue weighted by Crippen LogP contribution is -2.30. The van der Waals surface area contributed by atoms with Crippen molar-refractivity contribution in [2.24, 2.45) is 11.8 Å². The zero-order valence-corrected chi connectivity index (χ0v) is 55.3. The van der Waals surface area contributed by atoms with Crippen molar-refractivity contribution in [3.63, 3.8) is 0 Å². The van der Waals surface area contributed by atoms with Crippen LogP contribution in [0.2, 0.25) is 0 Å². The molecule has 0 fully saturated rings. The number of hydrogen-bond acceptors (Lipinski definition) is 15. The molecule has 0 saturated carbocycles. The summed E-state index contributed by atoms with van der Waals surface area (Å²) < 4.78 is 67.8. The summed E-state index contributed by atoms with van der Waals surface area (Å²) >= 11 is 0. The van der Waals surface area contributed by atoms with Crippen LogP contribution in [0.3, 0.4) is 0 Å². The monoisotopic (exact) mass is 1230 g/mol. The average molecular weight is 1230 g/mol. The van der Waals surface area contributed by atoms with E-state index in [0.717, 1.165) is 102 Å². The molecule has 0 rings (SSSR count). The van der Waals surface area contributed by atoms with E-state index >= 15 is 0 Å². The lowest BCUT2D eigenvalue weighted by Gasteiger charge is -2.21. The summed E-state index contributed by atoms with van der Waals surface area (Å²) in [4.78, 5) is 72.0. The van der Waals surface area contributed by atoms with Crippen molar-refractivity contribution >= 4 is 39.5 Å². The Morgan fingerprint density at radius 1 is 0.325 bits per heavy atom. The predicted octanol–water partition coefficient (Wildman–Crippen LogP) is 17.7. The summed E-state index contributed by atoms with van der Waals surface area (Å²) in [5.74, 6) is -0.706. The van der Waals surface area contributed by atoms with E-state index in [1.807, 2.05) is 0 Å². The minimum absolute atomic E-state index is 0.102. The molecular formula is C64H124O17P2. The van der Waals surface area contributed by atoms with Crippen molar-refractivity contribution in [1.29, 1.82) is 0 Å². The van der Waals surface area contributed by atoms with Crippen molar-refractivity contribution in [1.82, 2.24) is 0 Å². The molecule has 0 saturated heterocycles. The van der Waals surface area contributed by atoms with Gasteiger partial charge in [0.2, 0.25) is 0 Å².